The van der Waals surface area contributed by atoms with Gasteiger partial charge in [-0.05, 0) is 60.1 Å². The van der Waals surface area contributed by atoms with Crippen molar-refractivity contribution < 1.29 is 32.6 Å². The highest BCUT2D eigenvalue weighted by atomic mass is 19.1. The minimum Gasteiger partial charge on any atom is -0.468 e. The Balaban J connectivity index is 2.06. The van der Waals surface area contributed by atoms with E-state index in [0.29, 0.717) is 11.1 Å². The molecule has 2 aliphatic carbocycles. The summed E-state index contributed by atoms with van der Waals surface area (Å²) in [7, 11) is 2.45. The van der Waals surface area contributed by atoms with Crippen LogP contribution in [0.2, 0.25) is 0 Å². The molecule has 34 heavy (non-hydrogen) atoms. The predicted octanol–water partition coefficient (Wildman–Crippen LogP) is 4.80. The van der Waals surface area contributed by atoms with Gasteiger partial charge in [0.25, 0.3) is 0 Å². The van der Waals surface area contributed by atoms with Crippen LogP contribution >= 0.6 is 0 Å². The number of carbonyl (C=O) groups excluding carboxylic acids is 3. The summed E-state index contributed by atoms with van der Waals surface area (Å²) in [6.07, 6.45) is 0.388. The summed E-state index contributed by atoms with van der Waals surface area (Å²) < 4.78 is 38.0. The lowest BCUT2D eigenvalue weighted by atomic mass is 9.40. The Bertz CT molecular complexity index is 1030. The van der Waals surface area contributed by atoms with Gasteiger partial charge < -0.3 is 9.47 Å². The zero-order valence-corrected chi connectivity index (χ0v) is 19.6. The van der Waals surface area contributed by atoms with Gasteiger partial charge >= 0.3 is 11.9 Å². The lowest BCUT2D eigenvalue weighted by molar-refractivity contribution is -0.189. The summed E-state index contributed by atoms with van der Waals surface area (Å²) >= 11 is 0. The molecule has 2 fully saturated rings. The summed E-state index contributed by atoms with van der Waals surface area (Å²) in [6.45, 7) is 3.76. The van der Waals surface area contributed by atoms with Gasteiger partial charge in [-0.2, -0.15) is 0 Å². The van der Waals surface area contributed by atoms with E-state index in [0.717, 1.165) is 0 Å². The first-order valence-corrected chi connectivity index (χ1v) is 11.4. The minimum absolute atomic E-state index is 0.194. The van der Waals surface area contributed by atoms with Crippen LogP contribution in [-0.2, 0) is 23.9 Å². The molecule has 2 aliphatic rings. The van der Waals surface area contributed by atoms with E-state index in [1.165, 1.54) is 38.5 Å². The Labute approximate surface area is 197 Å². The number of rotatable bonds is 4. The molecule has 2 aromatic rings. The van der Waals surface area contributed by atoms with Crippen molar-refractivity contribution in [2.45, 2.75) is 38.5 Å². The topological polar surface area (TPSA) is 69.7 Å². The molecule has 4 atom stereocenters. The molecule has 0 aromatic heterocycles. The molecule has 4 unspecified atom stereocenters. The van der Waals surface area contributed by atoms with Crippen LogP contribution in [0, 0.1) is 34.3 Å². The fourth-order valence-corrected chi connectivity index (χ4v) is 6.87. The average molecular weight is 471 g/mol. The van der Waals surface area contributed by atoms with Crippen molar-refractivity contribution in [3.8, 4) is 0 Å². The van der Waals surface area contributed by atoms with Crippen LogP contribution in [0.3, 0.4) is 0 Å². The van der Waals surface area contributed by atoms with E-state index in [1.54, 1.807) is 24.3 Å². The fourth-order valence-electron chi connectivity index (χ4n) is 6.87. The van der Waals surface area contributed by atoms with E-state index in [9.17, 15) is 23.2 Å². The molecule has 0 saturated heterocycles. The zero-order valence-electron chi connectivity index (χ0n) is 19.6. The van der Waals surface area contributed by atoms with Crippen molar-refractivity contribution >= 4 is 17.7 Å². The molecule has 2 aromatic carbocycles. The van der Waals surface area contributed by atoms with Crippen molar-refractivity contribution in [1.82, 2.24) is 0 Å². The monoisotopic (exact) mass is 470 g/mol. The van der Waals surface area contributed by atoms with Crippen LogP contribution in [-0.4, -0.2) is 31.9 Å². The summed E-state index contributed by atoms with van der Waals surface area (Å²) in [5.41, 5.74) is -2.08. The van der Waals surface area contributed by atoms with Crippen LogP contribution < -0.4 is 0 Å². The number of hydrogen-bond donors (Lipinski definition) is 0. The molecule has 7 heteroatoms. The number of fused-ring (bicyclic) bond motifs is 2. The van der Waals surface area contributed by atoms with Crippen LogP contribution in [0.15, 0.2) is 48.5 Å². The van der Waals surface area contributed by atoms with Gasteiger partial charge in [-0.1, -0.05) is 38.1 Å². The number of halogens is 2. The minimum atomic E-state index is -1.64. The van der Waals surface area contributed by atoms with E-state index in [4.69, 9.17) is 9.47 Å². The summed E-state index contributed by atoms with van der Waals surface area (Å²) in [5.74, 6) is -4.88. The molecule has 0 radical (unpaired) electrons. The molecular formula is C27H28F2O5. The molecule has 0 aliphatic heterocycles. The maximum Gasteiger partial charge on any atom is 0.320 e. The third-order valence-electron chi connectivity index (χ3n) is 7.82. The summed E-state index contributed by atoms with van der Waals surface area (Å²) in [5, 5.41) is 0. The summed E-state index contributed by atoms with van der Waals surface area (Å²) in [4.78, 5) is 41.4. The highest BCUT2D eigenvalue weighted by Gasteiger charge is 2.74. The molecular weight excluding hydrogens is 442 g/mol. The van der Waals surface area contributed by atoms with Gasteiger partial charge in [-0.25, -0.2) is 8.78 Å². The smallest absolute Gasteiger partial charge is 0.320 e. The third-order valence-corrected chi connectivity index (χ3v) is 7.82. The molecule has 0 amide bonds. The quantitative estimate of drug-likeness (QED) is 0.474. The highest BCUT2D eigenvalue weighted by Crippen LogP contribution is 2.67. The van der Waals surface area contributed by atoms with Crippen molar-refractivity contribution in [3.63, 3.8) is 0 Å². The van der Waals surface area contributed by atoms with Gasteiger partial charge in [0.15, 0.2) is 5.78 Å². The van der Waals surface area contributed by atoms with Crippen molar-refractivity contribution in [2.24, 2.45) is 22.7 Å². The maximum absolute atomic E-state index is 14.5. The van der Waals surface area contributed by atoms with Crippen molar-refractivity contribution in [1.29, 1.82) is 0 Å². The largest absolute Gasteiger partial charge is 0.468 e. The Hall–Kier alpha value is -3.09. The first-order valence-electron chi connectivity index (χ1n) is 11.4. The first-order chi connectivity index (χ1) is 16.1. The van der Waals surface area contributed by atoms with Crippen molar-refractivity contribution in [3.05, 3.63) is 71.3 Å². The van der Waals surface area contributed by atoms with Crippen molar-refractivity contribution in [2.75, 3.05) is 14.2 Å². The molecule has 180 valence electrons. The molecule has 2 bridgehead atoms. The van der Waals surface area contributed by atoms with Gasteiger partial charge in [-0.3, -0.25) is 14.4 Å². The van der Waals surface area contributed by atoms with Gasteiger partial charge in [0.1, 0.15) is 22.5 Å². The molecule has 0 N–H and O–H groups in total. The first kappa shape index (κ1) is 24.0. The standard InChI is InChI=1S/C27H28F2O5/c1-15-13-26(24(31)33-3)21(17-5-9-19(28)10-6-17)16(2)22(18-7-11-20(29)12-8-18)27(14-15,23(26)30)25(32)34-4/h5-12,15-16,21-22H,13-14H2,1-4H3. The van der Waals surface area contributed by atoms with Gasteiger partial charge in [0, 0.05) is 11.8 Å². The van der Waals surface area contributed by atoms with E-state index in [-0.39, 0.29) is 18.8 Å². The summed E-state index contributed by atoms with van der Waals surface area (Å²) in [6, 6.07) is 11.4. The number of esters is 2. The number of hydrogen-bond acceptors (Lipinski definition) is 5. The molecule has 0 heterocycles. The Morgan fingerprint density at radius 3 is 1.44 bits per heavy atom. The van der Waals surface area contributed by atoms with Gasteiger partial charge in [0.05, 0.1) is 14.2 Å². The van der Waals surface area contributed by atoms with E-state index < -0.39 is 57.9 Å². The average Bonchev–Trinajstić information content (AvgIpc) is 2.82. The van der Waals surface area contributed by atoms with Crippen LogP contribution in [0.25, 0.3) is 0 Å². The van der Waals surface area contributed by atoms with Gasteiger partial charge in [-0.15, -0.1) is 0 Å². The third kappa shape index (κ3) is 3.28. The second kappa shape index (κ2) is 8.60. The lowest BCUT2D eigenvalue weighted by Gasteiger charge is -2.59. The van der Waals surface area contributed by atoms with Gasteiger partial charge in [0.2, 0.25) is 0 Å². The highest BCUT2D eigenvalue weighted by molar-refractivity contribution is 6.17. The number of Topliss-reactive ketones (excluding diaryl/α,β-unsaturated/α-hetero) is 1. The molecule has 0 spiro atoms. The Morgan fingerprint density at radius 1 is 0.765 bits per heavy atom. The Morgan fingerprint density at radius 2 is 1.12 bits per heavy atom. The predicted molar refractivity (Wildman–Crippen MR) is 120 cm³/mol. The maximum atomic E-state index is 14.5. The van der Waals surface area contributed by atoms with Crippen LogP contribution in [0.5, 0.6) is 0 Å². The molecule has 2 saturated carbocycles. The second-order valence-electron chi connectivity index (χ2n) is 9.69. The van der Waals surface area contributed by atoms with E-state index in [1.807, 2.05) is 13.8 Å². The zero-order chi connectivity index (χ0) is 24.8. The van der Waals surface area contributed by atoms with E-state index in [2.05, 4.69) is 0 Å². The molecule has 4 rings (SSSR count). The number of methoxy groups -OCH3 is 2. The number of ether oxygens (including phenoxy) is 2. The number of carbonyl (C=O) groups is 3. The Kier molecular flexibility index (Phi) is 6.08. The number of ketones is 1. The van der Waals surface area contributed by atoms with Crippen LogP contribution in [0.1, 0.15) is 49.7 Å². The van der Waals surface area contributed by atoms with Crippen LogP contribution in [0.4, 0.5) is 8.78 Å². The molecule has 5 nitrogen and oxygen atoms in total. The van der Waals surface area contributed by atoms with E-state index >= 15 is 0 Å². The number of benzene rings is 2. The fraction of sp³-hybridized carbons (Fsp3) is 0.444. The SMILES string of the molecule is COC(=O)C12CC(C)CC(C(=O)OC)(C1=O)C(c1ccc(F)cc1)C(C)C2c1ccc(F)cc1. The normalized spacial score (nSPS) is 32.7. The lowest BCUT2D eigenvalue weighted by Crippen LogP contribution is -2.67. The second-order valence-corrected chi connectivity index (χ2v) is 9.69.